The van der Waals surface area contributed by atoms with Crippen molar-refractivity contribution >= 4 is 11.2 Å². The molecule has 0 aliphatic carbocycles. The quantitative estimate of drug-likeness (QED) is 0.235. The number of aromatic nitrogens is 3. The zero-order valence-electron chi connectivity index (χ0n) is 21.3. The second kappa shape index (κ2) is 11.8. The Morgan fingerprint density at radius 3 is 2.24 bits per heavy atom. The van der Waals surface area contributed by atoms with Crippen molar-refractivity contribution in [2.24, 2.45) is 0 Å². The molecule has 5 aromatic rings. The van der Waals surface area contributed by atoms with E-state index in [4.69, 9.17) is 9.47 Å². The Balaban J connectivity index is 0.00000164. The van der Waals surface area contributed by atoms with Crippen molar-refractivity contribution < 1.29 is 22.6 Å². The minimum Gasteiger partial charge on any atom is -0.494 e. The Bertz CT molecular complexity index is 1500. The number of nitrogens with one attached hydrogen (secondary N) is 1. The van der Waals surface area contributed by atoms with Gasteiger partial charge in [0.15, 0.2) is 5.65 Å². The molecule has 0 fully saturated rings. The highest BCUT2D eigenvalue weighted by molar-refractivity contribution is 5.81. The monoisotopic (exact) mass is 519 g/mol. The first kappa shape index (κ1) is 26.7. The molecule has 0 amide bonds. The topological polar surface area (TPSA) is 60.0 Å². The van der Waals surface area contributed by atoms with Crippen LogP contribution in [0.5, 0.6) is 11.5 Å². The highest BCUT2D eigenvalue weighted by atomic mass is 19.4. The first-order chi connectivity index (χ1) is 18.4. The van der Waals surface area contributed by atoms with Gasteiger partial charge < -0.3 is 14.5 Å². The van der Waals surface area contributed by atoms with Crippen LogP contribution in [0.2, 0.25) is 0 Å². The van der Waals surface area contributed by atoms with E-state index in [9.17, 15) is 13.2 Å². The number of H-pyrrole nitrogens is 1. The number of imidazole rings is 1. The van der Waals surface area contributed by atoms with Crippen molar-refractivity contribution in [1.29, 1.82) is 0 Å². The molecule has 0 atom stereocenters. The third-order valence-corrected chi connectivity index (χ3v) is 5.57. The van der Waals surface area contributed by atoms with Gasteiger partial charge in [0.1, 0.15) is 23.9 Å². The lowest BCUT2D eigenvalue weighted by Gasteiger charge is -2.11. The summed E-state index contributed by atoms with van der Waals surface area (Å²) >= 11 is 0. The van der Waals surface area contributed by atoms with Crippen molar-refractivity contribution in [3.63, 3.8) is 0 Å². The molecule has 0 bridgehead atoms. The first-order valence-corrected chi connectivity index (χ1v) is 12.4. The lowest BCUT2D eigenvalue weighted by molar-refractivity contribution is -0.137. The maximum Gasteiger partial charge on any atom is 0.416 e. The van der Waals surface area contributed by atoms with Gasteiger partial charge in [0.05, 0.1) is 17.7 Å². The van der Waals surface area contributed by atoms with Crippen molar-refractivity contribution in [3.05, 3.63) is 96.2 Å². The molecule has 5 nitrogen and oxygen atoms in total. The van der Waals surface area contributed by atoms with Gasteiger partial charge in [-0.05, 0) is 48.4 Å². The number of ether oxygens (including phenoxy) is 2. The summed E-state index contributed by atoms with van der Waals surface area (Å²) in [7, 11) is 0. The molecule has 38 heavy (non-hydrogen) atoms. The average molecular weight is 520 g/mol. The van der Waals surface area contributed by atoms with Gasteiger partial charge in [-0.15, -0.1) is 0 Å². The zero-order chi connectivity index (χ0) is 27.1. The van der Waals surface area contributed by atoms with Crippen molar-refractivity contribution in [3.8, 4) is 34.0 Å². The van der Waals surface area contributed by atoms with E-state index in [0.717, 1.165) is 23.3 Å². The van der Waals surface area contributed by atoms with Crippen LogP contribution in [0, 0.1) is 0 Å². The average Bonchev–Trinajstić information content (AvgIpc) is 3.37. The predicted octanol–water partition coefficient (Wildman–Crippen LogP) is 8.31. The van der Waals surface area contributed by atoms with E-state index in [1.165, 1.54) is 12.3 Å². The van der Waals surface area contributed by atoms with Gasteiger partial charge in [0.2, 0.25) is 0 Å². The Morgan fingerprint density at radius 1 is 0.789 bits per heavy atom. The summed E-state index contributed by atoms with van der Waals surface area (Å²) in [4.78, 5) is 12.2. The molecule has 0 unspecified atom stereocenters. The first-order valence-electron chi connectivity index (χ1n) is 12.4. The molecule has 2 heterocycles. The second-order valence-electron chi connectivity index (χ2n) is 8.16. The highest BCUT2D eigenvalue weighted by Gasteiger charge is 2.30. The minimum absolute atomic E-state index is 0.401. The van der Waals surface area contributed by atoms with Crippen LogP contribution in [0.25, 0.3) is 33.7 Å². The van der Waals surface area contributed by atoms with Gasteiger partial charge in [-0.1, -0.05) is 56.3 Å². The molecule has 0 saturated carbocycles. The summed E-state index contributed by atoms with van der Waals surface area (Å²) in [6.45, 7) is 6.79. The lowest BCUT2D eigenvalue weighted by Crippen LogP contribution is -2.04. The Kier molecular flexibility index (Phi) is 8.31. The van der Waals surface area contributed by atoms with Crippen LogP contribution in [0.15, 0.2) is 85.1 Å². The minimum atomic E-state index is -4.42. The van der Waals surface area contributed by atoms with Crippen LogP contribution >= 0.6 is 0 Å². The molecule has 0 saturated heterocycles. The van der Waals surface area contributed by atoms with Crippen LogP contribution in [0.1, 0.15) is 31.9 Å². The fourth-order valence-electron chi connectivity index (χ4n) is 3.85. The fourth-order valence-corrected chi connectivity index (χ4v) is 3.85. The van der Waals surface area contributed by atoms with E-state index >= 15 is 0 Å². The standard InChI is InChI=1S/C28H22F3N3O2.C2H6/c1-2-35-23-12-20(13-24(15-23)36-17-18-7-4-3-5-8-18)26-33-25-14-21(16-32-27(25)34-26)19-9-6-10-22(11-19)28(29,30)31;1-2/h3-16H,2,17H2,1H3,(H,32,33,34);1-2H3. The van der Waals surface area contributed by atoms with Gasteiger partial charge in [-0.3, -0.25) is 0 Å². The molecular weight excluding hydrogens is 491 g/mol. The van der Waals surface area contributed by atoms with Crippen LogP contribution in [0.3, 0.4) is 0 Å². The molecule has 0 aliphatic heterocycles. The summed E-state index contributed by atoms with van der Waals surface area (Å²) in [6, 6.07) is 22.3. The Hall–Kier alpha value is -4.33. The number of pyridine rings is 1. The van der Waals surface area contributed by atoms with Crippen molar-refractivity contribution in [2.75, 3.05) is 6.61 Å². The number of rotatable bonds is 7. The van der Waals surface area contributed by atoms with Crippen LogP contribution in [0.4, 0.5) is 13.2 Å². The summed E-state index contributed by atoms with van der Waals surface area (Å²) in [5, 5.41) is 0. The molecule has 3 aromatic carbocycles. The zero-order valence-corrected chi connectivity index (χ0v) is 21.3. The molecular formula is C30H28F3N3O2. The van der Waals surface area contributed by atoms with Crippen LogP contribution < -0.4 is 9.47 Å². The normalized spacial score (nSPS) is 11.1. The number of aromatic amines is 1. The molecule has 0 spiro atoms. The fraction of sp³-hybridized carbons (Fsp3) is 0.200. The second-order valence-corrected chi connectivity index (χ2v) is 8.16. The summed E-state index contributed by atoms with van der Waals surface area (Å²) < 4.78 is 51.2. The lowest BCUT2D eigenvalue weighted by atomic mass is 10.0. The molecule has 2 aromatic heterocycles. The van der Waals surface area contributed by atoms with Crippen molar-refractivity contribution in [2.45, 2.75) is 33.6 Å². The number of halogens is 3. The maximum absolute atomic E-state index is 13.1. The Labute approximate surface area is 219 Å². The summed E-state index contributed by atoms with van der Waals surface area (Å²) in [6.07, 6.45) is -2.89. The number of fused-ring (bicyclic) bond motifs is 1. The number of nitrogens with zero attached hydrogens (tertiary/aromatic N) is 2. The van der Waals surface area contributed by atoms with E-state index in [1.54, 1.807) is 12.1 Å². The highest BCUT2D eigenvalue weighted by Crippen LogP contribution is 2.34. The number of hydrogen-bond donors (Lipinski definition) is 1. The molecule has 8 heteroatoms. The Morgan fingerprint density at radius 2 is 1.53 bits per heavy atom. The summed E-state index contributed by atoms with van der Waals surface area (Å²) in [5.41, 5.74) is 3.10. The third-order valence-electron chi connectivity index (χ3n) is 5.57. The van der Waals surface area contributed by atoms with Gasteiger partial charge >= 0.3 is 6.18 Å². The largest absolute Gasteiger partial charge is 0.494 e. The number of benzene rings is 3. The van der Waals surface area contributed by atoms with E-state index in [1.807, 2.05) is 69.3 Å². The van der Waals surface area contributed by atoms with E-state index < -0.39 is 11.7 Å². The molecule has 0 aliphatic rings. The third kappa shape index (κ3) is 6.32. The van der Waals surface area contributed by atoms with Gasteiger partial charge in [-0.25, -0.2) is 9.97 Å². The van der Waals surface area contributed by atoms with Gasteiger partial charge in [0, 0.05) is 23.4 Å². The smallest absolute Gasteiger partial charge is 0.416 e. The van der Waals surface area contributed by atoms with E-state index in [2.05, 4.69) is 15.0 Å². The van der Waals surface area contributed by atoms with Crippen LogP contribution in [-0.2, 0) is 12.8 Å². The maximum atomic E-state index is 13.1. The van der Waals surface area contributed by atoms with Crippen molar-refractivity contribution in [1.82, 2.24) is 15.0 Å². The van der Waals surface area contributed by atoms with Gasteiger partial charge in [-0.2, -0.15) is 13.2 Å². The number of hydrogen-bond acceptors (Lipinski definition) is 4. The predicted molar refractivity (Wildman–Crippen MR) is 143 cm³/mol. The molecule has 0 radical (unpaired) electrons. The van der Waals surface area contributed by atoms with E-state index in [0.29, 0.717) is 52.8 Å². The number of alkyl halides is 3. The van der Waals surface area contributed by atoms with Gasteiger partial charge in [0.25, 0.3) is 0 Å². The summed E-state index contributed by atoms with van der Waals surface area (Å²) in [5.74, 6) is 1.80. The SMILES string of the molecule is CC.CCOc1cc(OCc2ccccc2)cc(-c2nc3ncc(-c4cccc(C(F)(F)F)c4)cc3[nH]2)c1. The van der Waals surface area contributed by atoms with Crippen LogP contribution in [-0.4, -0.2) is 21.6 Å². The molecule has 196 valence electrons. The molecule has 1 N–H and O–H groups in total. The van der Waals surface area contributed by atoms with E-state index in [-0.39, 0.29) is 0 Å². The molecule has 5 rings (SSSR count).